The van der Waals surface area contributed by atoms with Crippen LogP contribution in [0.5, 0.6) is 0 Å². The molecule has 2 rings (SSSR count). The topological polar surface area (TPSA) is 46.1 Å². The first-order valence-electron chi connectivity index (χ1n) is 9.03. The summed E-state index contributed by atoms with van der Waals surface area (Å²) in [6, 6.07) is 6.74. The first kappa shape index (κ1) is 19.7. The van der Waals surface area contributed by atoms with Crippen molar-refractivity contribution in [3.63, 3.8) is 0 Å². The van der Waals surface area contributed by atoms with E-state index in [9.17, 15) is 4.39 Å². The monoisotopic (exact) mass is 351 g/mol. The molecule has 1 saturated heterocycles. The molecule has 0 aromatic heterocycles. The number of likely N-dealkylation sites (tertiary alicyclic amines) is 1. The van der Waals surface area contributed by atoms with E-state index in [2.05, 4.69) is 15.2 Å². The Labute approximate surface area is 150 Å². The zero-order valence-electron chi connectivity index (χ0n) is 15.3. The van der Waals surface area contributed by atoms with Gasteiger partial charge in [-0.2, -0.15) is 0 Å². The molecule has 0 saturated carbocycles. The molecule has 1 fully saturated rings. The van der Waals surface area contributed by atoms with E-state index in [-0.39, 0.29) is 5.82 Å². The highest BCUT2D eigenvalue weighted by atomic mass is 19.1. The Morgan fingerprint density at radius 3 is 2.80 bits per heavy atom. The van der Waals surface area contributed by atoms with Gasteiger partial charge in [0.2, 0.25) is 0 Å². The van der Waals surface area contributed by atoms with E-state index in [1.165, 1.54) is 6.07 Å². The van der Waals surface area contributed by atoms with Gasteiger partial charge in [-0.15, -0.1) is 0 Å². The lowest BCUT2D eigenvalue weighted by atomic mass is 10.1. The third-order valence-corrected chi connectivity index (χ3v) is 4.39. The number of methoxy groups -OCH3 is 1. The second-order valence-electron chi connectivity index (χ2n) is 6.26. The molecule has 1 aromatic carbocycles. The van der Waals surface area contributed by atoms with Crippen LogP contribution >= 0.6 is 0 Å². The zero-order chi connectivity index (χ0) is 17.9. The second kappa shape index (κ2) is 11.1. The quantitative estimate of drug-likeness (QED) is 0.444. The molecule has 0 amide bonds. The van der Waals surface area contributed by atoms with Crippen molar-refractivity contribution in [3.8, 4) is 0 Å². The van der Waals surface area contributed by atoms with Crippen molar-refractivity contribution in [2.45, 2.75) is 31.8 Å². The summed E-state index contributed by atoms with van der Waals surface area (Å²) in [6.45, 7) is 4.13. The van der Waals surface area contributed by atoms with Crippen molar-refractivity contribution < 1.29 is 13.9 Å². The number of nitrogens with zero attached hydrogens (tertiary/aromatic N) is 2. The van der Waals surface area contributed by atoms with Crippen LogP contribution in [0.25, 0.3) is 0 Å². The van der Waals surface area contributed by atoms with Crippen molar-refractivity contribution in [1.29, 1.82) is 0 Å². The van der Waals surface area contributed by atoms with Crippen LogP contribution in [0, 0.1) is 5.82 Å². The predicted octanol–water partition coefficient (Wildman–Crippen LogP) is 2.46. The van der Waals surface area contributed by atoms with Crippen molar-refractivity contribution in [2.75, 3.05) is 47.0 Å². The van der Waals surface area contributed by atoms with E-state index >= 15 is 0 Å². The molecule has 0 atom stereocenters. The number of ether oxygens (including phenoxy) is 2. The fourth-order valence-electron chi connectivity index (χ4n) is 3.03. The highest BCUT2D eigenvalue weighted by Crippen LogP contribution is 2.14. The maximum atomic E-state index is 13.2. The Morgan fingerprint density at radius 1 is 1.32 bits per heavy atom. The molecule has 0 aliphatic carbocycles. The number of piperidine rings is 1. The fraction of sp³-hybridized carbons (Fsp3) is 0.632. The molecule has 0 bridgehead atoms. The number of benzene rings is 1. The van der Waals surface area contributed by atoms with Gasteiger partial charge in [-0.25, -0.2) is 4.39 Å². The minimum atomic E-state index is -0.186. The lowest BCUT2D eigenvalue weighted by Gasteiger charge is -2.34. The summed E-state index contributed by atoms with van der Waals surface area (Å²) >= 11 is 0. The van der Waals surface area contributed by atoms with E-state index in [0.717, 1.165) is 70.1 Å². The van der Waals surface area contributed by atoms with Gasteiger partial charge in [0.25, 0.3) is 0 Å². The van der Waals surface area contributed by atoms with E-state index in [0.29, 0.717) is 6.10 Å². The van der Waals surface area contributed by atoms with Crippen LogP contribution in [-0.2, 0) is 15.9 Å². The van der Waals surface area contributed by atoms with Crippen molar-refractivity contribution in [3.05, 3.63) is 35.6 Å². The first-order valence-corrected chi connectivity index (χ1v) is 9.03. The van der Waals surface area contributed by atoms with Crippen LogP contribution in [0.4, 0.5) is 4.39 Å². The van der Waals surface area contributed by atoms with E-state index in [1.807, 2.05) is 6.07 Å². The van der Waals surface area contributed by atoms with Gasteiger partial charge in [0.1, 0.15) is 5.82 Å². The van der Waals surface area contributed by atoms with E-state index in [4.69, 9.17) is 9.47 Å². The summed E-state index contributed by atoms with van der Waals surface area (Å²) in [7, 11) is 3.52. The maximum absolute atomic E-state index is 13.2. The molecule has 1 heterocycles. The number of halogens is 1. The van der Waals surface area contributed by atoms with Crippen molar-refractivity contribution in [1.82, 2.24) is 10.2 Å². The van der Waals surface area contributed by atoms with Crippen LogP contribution in [0.15, 0.2) is 29.3 Å². The van der Waals surface area contributed by atoms with Gasteiger partial charge >= 0.3 is 0 Å². The molecule has 0 unspecified atom stereocenters. The van der Waals surface area contributed by atoms with Gasteiger partial charge in [-0.05, 0) is 43.4 Å². The molecule has 6 heteroatoms. The Balaban J connectivity index is 1.68. The third kappa shape index (κ3) is 7.00. The fourth-order valence-corrected chi connectivity index (χ4v) is 3.03. The Kier molecular flexibility index (Phi) is 8.69. The largest absolute Gasteiger partial charge is 0.385 e. The van der Waals surface area contributed by atoms with Crippen LogP contribution in [-0.4, -0.2) is 64.0 Å². The summed E-state index contributed by atoms with van der Waals surface area (Å²) in [5.41, 5.74) is 0.992. The van der Waals surface area contributed by atoms with Gasteiger partial charge in [0.15, 0.2) is 5.96 Å². The molecule has 1 aliphatic heterocycles. The average Bonchev–Trinajstić information content (AvgIpc) is 2.63. The molecular formula is C19H30FN3O2. The highest BCUT2D eigenvalue weighted by molar-refractivity contribution is 5.79. The molecule has 1 aromatic rings. The zero-order valence-corrected chi connectivity index (χ0v) is 15.3. The average molecular weight is 351 g/mol. The maximum Gasteiger partial charge on any atom is 0.193 e. The molecule has 25 heavy (non-hydrogen) atoms. The molecule has 1 N–H and O–H groups in total. The number of aliphatic imine (C=N–C) groups is 1. The van der Waals surface area contributed by atoms with Crippen molar-refractivity contribution >= 4 is 5.96 Å². The van der Waals surface area contributed by atoms with Gasteiger partial charge in [0, 0.05) is 47.0 Å². The molecule has 0 radical (unpaired) electrons. The van der Waals surface area contributed by atoms with Gasteiger partial charge in [0.05, 0.1) is 6.10 Å². The van der Waals surface area contributed by atoms with Crippen LogP contribution < -0.4 is 5.32 Å². The van der Waals surface area contributed by atoms with Crippen molar-refractivity contribution in [2.24, 2.45) is 4.99 Å². The van der Waals surface area contributed by atoms with Crippen LogP contribution in [0.2, 0.25) is 0 Å². The Morgan fingerprint density at radius 2 is 2.12 bits per heavy atom. The number of guanidine groups is 1. The van der Waals surface area contributed by atoms with E-state index in [1.54, 1.807) is 26.3 Å². The minimum absolute atomic E-state index is 0.186. The minimum Gasteiger partial charge on any atom is -0.385 e. The Bertz CT molecular complexity index is 531. The molecule has 140 valence electrons. The van der Waals surface area contributed by atoms with E-state index < -0.39 is 0 Å². The van der Waals surface area contributed by atoms with Gasteiger partial charge in [-0.3, -0.25) is 4.99 Å². The summed E-state index contributed by atoms with van der Waals surface area (Å²) in [5.74, 6) is 0.726. The van der Waals surface area contributed by atoms with Crippen LogP contribution in [0.1, 0.15) is 24.8 Å². The lowest BCUT2D eigenvalue weighted by molar-refractivity contribution is 0.00992. The molecule has 1 aliphatic rings. The van der Waals surface area contributed by atoms with Gasteiger partial charge < -0.3 is 19.7 Å². The predicted molar refractivity (Wildman–Crippen MR) is 98.5 cm³/mol. The molecule has 0 spiro atoms. The Hall–Kier alpha value is -1.66. The standard InChI is InChI=1S/C19H30FN3O2/c1-21-19(22-10-7-16-5-3-6-17(20)15-16)23-11-8-18(9-12-23)25-14-4-13-24-2/h3,5-6,15,18H,4,7-14H2,1-2H3,(H,21,22). The summed E-state index contributed by atoms with van der Waals surface area (Å²) < 4.78 is 24.1. The third-order valence-electron chi connectivity index (χ3n) is 4.39. The molecular weight excluding hydrogens is 321 g/mol. The molecule has 5 nitrogen and oxygen atoms in total. The first-order chi connectivity index (χ1) is 12.2. The lowest BCUT2D eigenvalue weighted by Crippen LogP contribution is -2.47. The highest BCUT2D eigenvalue weighted by Gasteiger charge is 2.21. The number of nitrogens with one attached hydrogen (secondary N) is 1. The number of hydrogen-bond acceptors (Lipinski definition) is 3. The second-order valence-corrected chi connectivity index (χ2v) is 6.26. The summed E-state index contributed by atoms with van der Waals surface area (Å²) in [5, 5.41) is 3.38. The normalized spacial score (nSPS) is 16.3. The van der Waals surface area contributed by atoms with Gasteiger partial charge in [-0.1, -0.05) is 12.1 Å². The summed E-state index contributed by atoms with van der Waals surface area (Å²) in [4.78, 5) is 6.64. The van der Waals surface area contributed by atoms with Crippen LogP contribution in [0.3, 0.4) is 0 Å². The number of hydrogen-bond donors (Lipinski definition) is 1. The SMILES string of the molecule is CN=C(NCCc1cccc(F)c1)N1CCC(OCCCOC)CC1. The smallest absolute Gasteiger partial charge is 0.193 e. The summed E-state index contributed by atoms with van der Waals surface area (Å²) in [6.07, 6.45) is 4.07. The number of rotatable bonds is 8.